The van der Waals surface area contributed by atoms with Crippen LogP contribution in [0, 0.1) is 5.92 Å². The third kappa shape index (κ3) is 6.66. The Morgan fingerprint density at radius 1 is 1.57 bits per heavy atom. The van der Waals surface area contributed by atoms with Crippen molar-refractivity contribution >= 4 is 22.6 Å². The molecule has 44 valence electrons. The van der Waals surface area contributed by atoms with Crippen molar-refractivity contribution in [3.05, 3.63) is 0 Å². The molecule has 0 aliphatic carbocycles. The van der Waals surface area contributed by atoms with E-state index in [1.54, 1.807) is 22.6 Å². The average molecular weight is 216 g/mol. The molecule has 0 aromatic rings. The van der Waals surface area contributed by atoms with E-state index in [2.05, 4.69) is 0 Å². The maximum absolute atomic E-state index is 11.9. The summed E-state index contributed by atoms with van der Waals surface area (Å²) in [7, 11) is 0. The first-order valence-electron chi connectivity index (χ1n) is 2.41. The van der Waals surface area contributed by atoms with Crippen LogP contribution in [-0.4, -0.2) is 4.18 Å². The van der Waals surface area contributed by atoms with Crippen LogP contribution < -0.4 is 0 Å². The largest absolute Gasteiger partial charge is 0.236 e. The molecule has 0 rings (SSSR count). The Labute approximate surface area is 57.6 Å². The van der Waals surface area contributed by atoms with Gasteiger partial charge in [-0.15, -0.1) is 0 Å². The molecule has 1 unspecified atom stereocenters. The number of rotatable bonds is 2. The zero-order valence-electron chi connectivity index (χ0n) is 4.62. The molecule has 0 N–H and O–H groups in total. The molecule has 0 aliphatic rings. The van der Waals surface area contributed by atoms with E-state index in [0.717, 1.165) is 0 Å². The Kier molecular flexibility index (Phi) is 3.98. The lowest BCUT2D eigenvalue weighted by Crippen LogP contribution is -1.93. The van der Waals surface area contributed by atoms with Gasteiger partial charge in [0.05, 0.1) is 0 Å². The molecule has 0 aliphatic heterocycles. The molecule has 0 nitrogen and oxygen atoms in total. The zero-order chi connectivity index (χ0) is 5.86. The van der Waals surface area contributed by atoms with E-state index >= 15 is 0 Å². The van der Waals surface area contributed by atoms with Gasteiger partial charge in [0, 0.05) is 0 Å². The summed E-state index contributed by atoms with van der Waals surface area (Å²) in [6.07, 6.45) is 0.681. The third-order valence-electron chi connectivity index (χ3n) is 0.650. The second kappa shape index (κ2) is 3.64. The van der Waals surface area contributed by atoms with Gasteiger partial charge in [-0.1, -0.05) is 13.8 Å². The van der Waals surface area contributed by atoms with E-state index in [1.807, 2.05) is 13.8 Å². The normalized spacial score (nSPS) is 15.0. The minimum Gasteiger partial charge on any atom is -0.236 e. The summed E-state index contributed by atoms with van der Waals surface area (Å²) >= 11 is 1.79. The standard InChI is InChI=1S/C5H10FI/c1-4(2)3-5(6)7/h4-5H,3H2,1-2H3. The summed E-state index contributed by atoms with van der Waals surface area (Å²) in [4.78, 5) is 0. The summed E-state index contributed by atoms with van der Waals surface area (Å²) < 4.78 is 11.3. The Morgan fingerprint density at radius 3 is 2.00 bits per heavy atom. The number of hydrogen-bond donors (Lipinski definition) is 0. The van der Waals surface area contributed by atoms with Crippen LogP contribution >= 0.6 is 22.6 Å². The molecule has 0 aromatic heterocycles. The highest BCUT2D eigenvalue weighted by atomic mass is 127. The lowest BCUT2D eigenvalue weighted by molar-refractivity contribution is 0.400. The van der Waals surface area contributed by atoms with E-state index in [0.29, 0.717) is 12.3 Å². The van der Waals surface area contributed by atoms with Crippen LogP contribution in [0.4, 0.5) is 4.39 Å². The molecular weight excluding hydrogens is 206 g/mol. The predicted molar refractivity (Wildman–Crippen MR) is 38.4 cm³/mol. The fourth-order valence-electron chi connectivity index (χ4n) is 0.356. The highest BCUT2D eigenvalue weighted by molar-refractivity contribution is 14.1. The van der Waals surface area contributed by atoms with Crippen molar-refractivity contribution in [3.63, 3.8) is 0 Å². The SMILES string of the molecule is CC(C)CC(F)I. The summed E-state index contributed by atoms with van der Waals surface area (Å²) in [5.74, 6) is 0.492. The second-order valence-electron chi connectivity index (χ2n) is 2.02. The van der Waals surface area contributed by atoms with Crippen LogP contribution in [0.5, 0.6) is 0 Å². The van der Waals surface area contributed by atoms with E-state index in [1.165, 1.54) is 0 Å². The highest BCUT2D eigenvalue weighted by Gasteiger charge is 2.01. The molecule has 7 heavy (non-hydrogen) atoms. The van der Waals surface area contributed by atoms with Crippen molar-refractivity contribution in [2.24, 2.45) is 5.92 Å². The van der Waals surface area contributed by atoms with Gasteiger partial charge in [-0.25, -0.2) is 4.39 Å². The van der Waals surface area contributed by atoms with Crippen LogP contribution in [0.2, 0.25) is 0 Å². The summed E-state index contributed by atoms with van der Waals surface area (Å²) in [6, 6.07) is 0. The topological polar surface area (TPSA) is 0 Å². The molecular formula is C5H10FI. The fraction of sp³-hybridized carbons (Fsp3) is 1.00. The average Bonchev–Trinajstić information content (AvgIpc) is 1.27. The van der Waals surface area contributed by atoms with E-state index in [9.17, 15) is 4.39 Å². The van der Waals surface area contributed by atoms with Gasteiger partial charge in [0.15, 0.2) is 4.18 Å². The number of alkyl halides is 2. The Bertz CT molecular complexity index is 37.3. The first-order chi connectivity index (χ1) is 3.13. The molecule has 0 radical (unpaired) electrons. The van der Waals surface area contributed by atoms with Gasteiger partial charge in [0.1, 0.15) is 0 Å². The third-order valence-corrected chi connectivity index (χ3v) is 1.16. The molecule has 0 spiro atoms. The summed E-state index contributed by atoms with van der Waals surface area (Å²) in [6.45, 7) is 4.04. The van der Waals surface area contributed by atoms with Crippen molar-refractivity contribution in [1.82, 2.24) is 0 Å². The predicted octanol–water partition coefficient (Wildman–Crippen LogP) is 2.76. The monoisotopic (exact) mass is 216 g/mol. The van der Waals surface area contributed by atoms with Crippen LogP contribution in [0.15, 0.2) is 0 Å². The second-order valence-corrected chi connectivity index (χ2v) is 3.37. The Morgan fingerprint density at radius 2 is 2.00 bits per heavy atom. The van der Waals surface area contributed by atoms with Gasteiger partial charge in [0.25, 0.3) is 0 Å². The van der Waals surface area contributed by atoms with Crippen molar-refractivity contribution in [2.75, 3.05) is 0 Å². The lowest BCUT2D eigenvalue weighted by atomic mass is 10.2. The van der Waals surface area contributed by atoms with Gasteiger partial charge in [-0.2, -0.15) is 0 Å². The van der Waals surface area contributed by atoms with E-state index < -0.39 is 4.18 Å². The Hall–Kier alpha value is 0.660. The fourth-order valence-corrected chi connectivity index (χ4v) is 1.37. The van der Waals surface area contributed by atoms with Crippen molar-refractivity contribution in [3.8, 4) is 0 Å². The molecule has 0 heterocycles. The van der Waals surface area contributed by atoms with Crippen LogP contribution in [0.1, 0.15) is 20.3 Å². The summed E-state index contributed by atoms with van der Waals surface area (Å²) in [5, 5.41) is 0. The molecule has 0 saturated carbocycles. The molecule has 0 bridgehead atoms. The molecule has 2 heteroatoms. The van der Waals surface area contributed by atoms with Crippen molar-refractivity contribution in [2.45, 2.75) is 24.4 Å². The van der Waals surface area contributed by atoms with Crippen LogP contribution in [-0.2, 0) is 0 Å². The maximum Gasteiger partial charge on any atom is 0.151 e. The van der Waals surface area contributed by atoms with E-state index in [-0.39, 0.29) is 0 Å². The summed E-state index contributed by atoms with van der Waals surface area (Å²) in [5.41, 5.74) is 0. The molecule has 0 saturated heterocycles. The molecule has 0 amide bonds. The first kappa shape index (κ1) is 7.66. The number of halogens is 2. The lowest BCUT2D eigenvalue weighted by Gasteiger charge is -2.00. The molecule has 0 aromatic carbocycles. The quantitative estimate of drug-likeness (QED) is 0.491. The highest BCUT2D eigenvalue weighted by Crippen LogP contribution is 2.12. The minimum absolute atomic E-state index is 0.492. The number of hydrogen-bond acceptors (Lipinski definition) is 0. The van der Waals surface area contributed by atoms with Crippen LogP contribution in [0.3, 0.4) is 0 Å². The zero-order valence-corrected chi connectivity index (χ0v) is 6.78. The Balaban J connectivity index is 2.95. The van der Waals surface area contributed by atoms with Gasteiger partial charge in [-0.05, 0) is 34.9 Å². The van der Waals surface area contributed by atoms with Crippen molar-refractivity contribution < 1.29 is 4.39 Å². The van der Waals surface area contributed by atoms with Gasteiger partial charge in [0.2, 0.25) is 0 Å². The smallest absolute Gasteiger partial charge is 0.151 e. The van der Waals surface area contributed by atoms with Crippen LogP contribution in [0.25, 0.3) is 0 Å². The van der Waals surface area contributed by atoms with Gasteiger partial charge >= 0.3 is 0 Å². The minimum atomic E-state index is -0.655. The van der Waals surface area contributed by atoms with Gasteiger partial charge < -0.3 is 0 Å². The molecule has 1 atom stereocenters. The van der Waals surface area contributed by atoms with E-state index in [4.69, 9.17) is 0 Å². The van der Waals surface area contributed by atoms with Gasteiger partial charge in [-0.3, -0.25) is 0 Å². The van der Waals surface area contributed by atoms with Crippen molar-refractivity contribution in [1.29, 1.82) is 0 Å². The molecule has 0 fully saturated rings. The maximum atomic E-state index is 11.9. The first-order valence-corrected chi connectivity index (χ1v) is 3.65.